The Morgan fingerprint density at radius 3 is 2.42 bits per heavy atom. The third kappa shape index (κ3) is 5.47. The Morgan fingerprint density at radius 2 is 1.81 bits per heavy atom. The summed E-state index contributed by atoms with van der Waals surface area (Å²) in [6.45, 7) is 5.33. The molecule has 1 fully saturated rings. The lowest BCUT2D eigenvalue weighted by Crippen LogP contribution is -2.41. The summed E-state index contributed by atoms with van der Waals surface area (Å²) in [4.78, 5) is 24.4. The fraction of sp³-hybridized carbons (Fsp3) is 0.579. The van der Waals surface area contributed by atoms with Gasteiger partial charge in [-0.1, -0.05) is 33.3 Å². The van der Waals surface area contributed by atoms with Crippen LogP contribution in [0.4, 0.5) is 18.9 Å². The van der Waals surface area contributed by atoms with Gasteiger partial charge in [-0.05, 0) is 37.5 Å². The van der Waals surface area contributed by atoms with Crippen LogP contribution in [0.15, 0.2) is 24.3 Å². The highest BCUT2D eigenvalue weighted by Crippen LogP contribution is 2.37. The number of rotatable bonds is 3. The zero-order valence-electron chi connectivity index (χ0n) is 15.2. The van der Waals surface area contributed by atoms with Gasteiger partial charge in [0.1, 0.15) is 0 Å². The van der Waals surface area contributed by atoms with Crippen LogP contribution in [0.5, 0.6) is 0 Å². The van der Waals surface area contributed by atoms with Crippen LogP contribution in [0.25, 0.3) is 0 Å². The number of benzene rings is 1. The number of carbonyl (C=O) groups is 2. The van der Waals surface area contributed by atoms with Gasteiger partial charge in [-0.15, -0.1) is 0 Å². The van der Waals surface area contributed by atoms with Crippen molar-refractivity contribution in [3.05, 3.63) is 29.8 Å². The molecule has 1 aliphatic carbocycles. The van der Waals surface area contributed by atoms with Crippen LogP contribution in [0.2, 0.25) is 0 Å². The minimum Gasteiger partial charge on any atom is -0.349 e. The number of hydrogen-bond acceptors (Lipinski definition) is 2. The molecule has 26 heavy (non-hydrogen) atoms. The molecule has 2 rings (SSSR count). The number of anilines is 1. The van der Waals surface area contributed by atoms with Gasteiger partial charge in [0.05, 0.1) is 5.92 Å². The van der Waals surface area contributed by atoms with Crippen molar-refractivity contribution < 1.29 is 22.8 Å². The standard InChI is InChI=1S/C19H25F3N2O2/c1-18(2,3)17(26)24-14-8-4-6-12(10-14)16(25)23-15-9-5-7-13(11-15)19(20,21)22/h4,6,8,10,13,15H,5,7,9,11H2,1-3H3,(H,23,25)(H,24,26). The molecule has 1 saturated carbocycles. The van der Waals surface area contributed by atoms with Crippen molar-refractivity contribution in [1.82, 2.24) is 5.32 Å². The summed E-state index contributed by atoms with van der Waals surface area (Å²) < 4.78 is 38.7. The lowest BCUT2D eigenvalue weighted by atomic mass is 9.85. The predicted octanol–water partition coefficient (Wildman–Crippen LogP) is 4.52. The van der Waals surface area contributed by atoms with E-state index in [4.69, 9.17) is 0 Å². The number of amides is 2. The summed E-state index contributed by atoms with van der Waals surface area (Å²) in [5, 5.41) is 5.44. The molecule has 7 heteroatoms. The van der Waals surface area contributed by atoms with Crippen LogP contribution < -0.4 is 10.6 Å². The van der Waals surface area contributed by atoms with E-state index in [1.807, 2.05) is 0 Å². The summed E-state index contributed by atoms with van der Waals surface area (Å²) >= 11 is 0. The first-order valence-electron chi connectivity index (χ1n) is 8.76. The van der Waals surface area contributed by atoms with Crippen molar-refractivity contribution in [1.29, 1.82) is 0 Å². The highest BCUT2D eigenvalue weighted by atomic mass is 19.4. The molecule has 1 aliphatic rings. The van der Waals surface area contributed by atoms with E-state index in [-0.39, 0.29) is 18.7 Å². The summed E-state index contributed by atoms with van der Waals surface area (Å²) in [5.41, 5.74) is 0.215. The second-order valence-corrected chi connectivity index (χ2v) is 7.86. The number of carbonyl (C=O) groups excluding carboxylic acids is 2. The maximum atomic E-state index is 12.9. The average molecular weight is 370 g/mol. The fourth-order valence-corrected chi connectivity index (χ4v) is 2.94. The van der Waals surface area contributed by atoms with Gasteiger partial charge in [0.2, 0.25) is 5.91 Å². The quantitative estimate of drug-likeness (QED) is 0.822. The molecule has 2 N–H and O–H groups in total. The first kappa shape index (κ1) is 20.3. The number of alkyl halides is 3. The lowest BCUT2D eigenvalue weighted by Gasteiger charge is -2.31. The first-order chi connectivity index (χ1) is 12.0. The molecular formula is C19H25F3N2O2. The predicted molar refractivity (Wildman–Crippen MR) is 93.8 cm³/mol. The van der Waals surface area contributed by atoms with Crippen LogP contribution in [0, 0.1) is 11.3 Å². The van der Waals surface area contributed by atoms with Crippen LogP contribution in [0.3, 0.4) is 0 Å². The van der Waals surface area contributed by atoms with Gasteiger partial charge in [-0.25, -0.2) is 0 Å². The van der Waals surface area contributed by atoms with Gasteiger partial charge < -0.3 is 10.6 Å². The van der Waals surface area contributed by atoms with Gasteiger partial charge in [0.15, 0.2) is 0 Å². The maximum Gasteiger partial charge on any atom is 0.391 e. The number of halogens is 3. The largest absolute Gasteiger partial charge is 0.391 e. The lowest BCUT2D eigenvalue weighted by molar-refractivity contribution is -0.183. The van der Waals surface area contributed by atoms with Gasteiger partial charge in [-0.3, -0.25) is 9.59 Å². The normalized spacial score (nSPS) is 21.2. The first-order valence-corrected chi connectivity index (χ1v) is 8.76. The van der Waals surface area contributed by atoms with E-state index >= 15 is 0 Å². The van der Waals surface area contributed by atoms with E-state index in [9.17, 15) is 22.8 Å². The Balaban J connectivity index is 2.01. The van der Waals surface area contributed by atoms with Gasteiger partial charge >= 0.3 is 6.18 Å². The van der Waals surface area contributed by atoms with E-state index in [1.165, 1.54) is 6.07 Å². The molecule has 1 aromatic carbocycles. The maximum absolute atomic E-state index is 12.9. The van der Waals surface area contributed by atoms with E-state index in [2.05, 4.69) is 10.6 Å². The van der Waals surface area contributed by atoms with Crippen molar-refractivity contribution in [2.24, 2.45) is 11.3 Å². The van der Waals surface area contributed by atoms with E-state index in [0.29, 0.717) is 24.1 Å². The molecule has 0 spiro atoms. The van der Waals surface area contributed by atoms with Crippen molar-refractivity contribution >= 4 is 17.5 Å². The van der Waals surface area contributed by atoms with Gasteiger partial charge in [-0.2, -0.15) is 13.2 Å². The van der Waals surface area contributed by atoms with Crippen molar-refractivity contribution in [3.63, 3.8) is 0 Å². The molecule has 2 amide bonds. The summed E-state index contributed by atoms with van der Waals surface area (Å²) in [6, 6.07) is 5.92. The SMILES string of the molecule is CC(C)(C)C(=O)Nc1cccc(C(=O)NC2CCCC(C(F)(F)F)C2)c1. The van der Waals surface area contributed by atoms with E-state index in [1.54, 1.807) is 39.0 Å². The Hall–Kier alpha value is -2.05. The number of nitrogens with one attached hydrogen (secondary N) is 2. The molecule has 0 aromatic heterocycles. The van der Waals surface area contributed by atoms with Crippen molar-refractivity contribution in [2.45, 2.75) is 58.7 Å². The number of hydrogen-bond donors (Lipinski definition) is 2. The highest BCUT2D eigenvalue weighted by molar-refractivity contribution is 5.98. The van der Waals surface area contributed by atoms with E-state index in [0.717, 1.165) is 0 Å². The third-order valence-corrected chi connectivity index (χ3v) is 4.54. The van der Waals surface area contributed by atoms with Crippen molar-refractivity contribution in [3.8, 4) is 0 Å². The molecule has 0 heterocycles. The summed E-state index contributed by atoms with van der Waals surface area (Å²) in [5.74, 6) is -1.97. The molecule has 0 radical (unpaired) electrons. The zero-order valence-corrected chi connectivity index (χ0v) is 15.2. The minimum absolute atomic E-state index is 0.0876. The zero-order chi connectivity index (χ0) is 19.5. The van der Waals surface area contributed by atoms with Gasteiger partial charge in [0, 0.05) is 22.7 Å². The molecule has 1 aromatic rings. The highest BCUT2D eigenvalue weighted by Gasteiger charge is 2.42. The minimum atomic E-state index is -4.22. The second kappa shape index (κ2) is 7.68. The van der Waals surface area contributed by atoms with E-state index < -0.39 is 29.5 Å². The molecule has 0 bridgehead atoms. The Morgan fingerprint density at radius 1 is 1.12 bits per heavy atom. The second-order valence-electron chi connectivity index (χ2n) is 7.86. The smallest absolute Gasteiger partial charge is 0.349 e. The van der Waals surface area contributed by atoms with Crippen LogP contribution in [-0.2, 0) is 4.79 Å². The van der Waals surface area contributed by atoms with Gasteiger partial charge in [0.25, 0.3) is 5.91 Å². The molecular weight excluding hydrogens is 345 g/mol. The topological polar surface area (TPSA) is 58.2 Å². The Labute approximate surface area is 151 Å². The molecule has 0 saturated heterocycles. The van der Waals surface area contributed by atoms with Crippen molar-refractivity contribution in [2.75, 3.05) is 5.32 Å². The molecule has 2 atom stereocenters. The van der Waals surface area contributed by atoms with Crippen LogP contribution in [-0.4, -0.2) is 24.0 Å². The third-order valence-electron chi connectivity index (χ3n) is 4.54. The monoisotopic (exact) mass is 370 g/mol. The fourth-order valence-electron chi connectivity index (χ4n) is 2.94. The average Bonchev–Trinajstić information content (AvgIpc) is 2.53. The summed E-state index contributed by atoms with van der Waals surface area (Å²) in [7, 11) is 0. The summed E-state index contributed by atoms with van der Waals surface area (Å²) in [6.07, 6.45) is -3.21. The van der Waals surface area contributed by atoms with Crippen LogP contribution in [0.1, 0.15) is 56.8 Å². The molecule has 144 valence electrons. The molecule has 4 nitrogen and oxygen atoms in total. The molecule has 0 aliphatic heterocycles. The Kier molecular flexibility index (Phi) is 5.98. The van der Waals surface area contributed by atoms with Crippen LogP contribution >= 0.6 is 0 Å². The Bertz CT molecular complexity index is 665. The molecule has 2 unspecified atom stereocenters.